The van der Waals surface area contributed by atoms with Gasteiger partial charge in [-0.05, 0) is 24.6 Å². The molecule has 0 amide bonds. The topological polar surface area (TPSA) is 52.6 Å². The van der Waals surface area contributed by atoms with Crippen LogP contribution in [0.15, 0.2) is 30.3 Å². The molecule has 0 spiro atoms. The zero-order valence-electron chi connectivity index (χ0n) is 13.0. The summed E-state index contributed by atoms with van der Waals surface area (Å²) < 4.78 is 10.2. The van der Waals surface area contributed by atoms with Crippen LogP contribution in [-0.4, -0.2) is 11.9 Å². The first-order valence-corrected chi connectivity index (χ1v) is 9.17. The molecule has 138 valence electrons. The molecular formula is C17H11Cl5O4. The molecule has 2 aromatic carbocycles. The number of rotatable bonds is 6. The van der Waals surface area contributed by atoms with Gasteiger partial charge in [-0.15, -0.1) is 0 Å². The largest absolute Gasteiger partial charge is 0.425 e. The molecule has 0 unspecified atom stereocenters. The predicted molar refractivity (Wildman–Crippen MR) is 103 cm³/mol. The fraction of sp³-hybridized carbons (Fsp3) is 0.176. The van der Waals surface area contributed by atoms with Crippen LogP contribution in [0.25, 0.3) is 0 Å². The molecule has 0 aromatic heterocycles. The SMILES string of the molecule is O=C(CCCC(=O)Oc1cc(Cl)cc(Cl)c1Cl)Oc1cccc(Cl)c1Cl. The van der Waals surface area contributed by atoms with E-state index in [1.807, 2.05) is 0 Å². The second-order valence-corrected chi connectivity index (χ2v) is 7.06. The van der Waals surface area contributed by atoms with Crippen LogP contribution in [0.4, 0.5) is 0 Å². The molecule has 0 aliphatic carbocycles. The molecule has 0 saturated carbocycles. The van der Waals surface area contributed by atoms with Crippen molar-refractivity contribution < 1.29 is 19.1 Å². The maximum absolute atomic E-state index is 11.9. The third-order valence-electron chi connectivity index (χ3n) is 3.09. The minimum atomic E-state index is -0.584. The second-order valence-electron chi connectivity index (χ2n) is 5.05. The van der Waals surface area contributed by atoms with Crippen LogP contribution >= 0.6 is 58.0 Å². The Morgan fingerprint density at radius 2 is 1.35 bits per heavy atom. The minimum Gasteiger partial charge on any atom is -0.425 e. The molecule has 26 heavy (non-hydrogen) atoms. The standard InChI is InChI=1S/C17H11Cl5O4/c18-9-7-11(20)17(22)13(8-9)26-15(24)6-2-5-14(23)25-12-4-1-3-10(19)16(12)21/h1,3-4,7-8H,2,5-6H2. The number of hydrogen-bond acceptors (Lipinski definition) is 4. The molecule has 0 radical (unpaired) electrons. The van der Waals surface area contributed by atoms with E-state index >= 15 is 0 Å². The van der Waals surface area contributed by atoms with Gasteiger partial charge < -0.3 is 9.47 Å². The van der Waals surface area contributed by atoms with Crippen molar-refractivity contribution in [3.05, 3.63) is 55.4 Å². The third kappa shape index (κ3) is 5.93. The fourth-order valence-corrected chi connectivity index (χ4v) is 2.85. The van der Waals surface area contributed by atoms with Crippen molar-refractivity contribution in [3.8, 4) is 11.5 Å². The van der Waals surface area contributed by atoms with Crippen LogP contribution in [0.5, 0.6) is 11.5 Å². The van der Waals surface area contributed by atoms with E-state index in [-0.39, 0.29) is 55.9 Å². The number of carbonyl (C=O) groups is 2. The Bertz CT molecular complexity index is 838. The summed E-state index contributed by atoms with van der Waals surface area (Å²) in [5.41, 5.74) is 0. The lowest BCUT2D eigenvalue weighted by Crippen LogP contribution is -2.12. The lowest BCUT2D eigenvalue weighted by Gasteiger charge is -2.09. The minimum absolute atomic E-state index is 0.0119. The van der Waals surface area contributed by atoms with E-state index in [2.05, 4.69) is 0 Å². The molecular weight excluding hydrogens is 445 g/mol. The summed E-state index contributed by atoms with van der Waals surface area (Å²) in [4.78, 5) is 23.7. The van der Waals surface area contributed by atoms with E-state index in [1.54, 1.807) is 12.1 Å². The lowest BCUT2D eigenvalue weighted by atomic mass is 10.2. The van der Waals surface area contributed by atoms with Crippen LogP contribution in [0, 0.1) is 0 Å². The molecule has 0 atom stereocenters. The maximum atomic E-state index is 11.9. The van der Waals surface area contributed by atoms with Crippen molar-refractivity contribution in [2.75, 3.05) is 0 Å². The van der Waals surface area contributed by atoms with Gasteiger partial charge in [-0.3, -0.25) is 9.59 Å². The first-order chi connectivity index (χ1) is 12.3. The van der Waals surface area contributed by atoms with Crippen LogP contribution in [0.1, 0.15) is 19.3 Å². The van der Waals surface area contributed by atoms with Crippen LogP contribution in [-0.2, 0) is 9.59 Å². The lowest BCUT2D eigenvalue weighted by molar-refractivity contribution is -0.136. The van der Waals surface area contributed by atoms with E-state index in [1.165, 1.54) is 18.2 Å². The Balaban J connectivity index is 1.83. The van der Waals surface area contributed by atoms with Gasteiger partial charge in [-0.25, -0.2) is 0 Å². The van der Waals surface area contributed by atoms with Gasteiger partial charge in [0, 0.05) is 23.9 Å². The predicted octanol–water partition coefficient (Wildman–Crippen LogP) is 6.63. The highest BCUT2D eigenvalue weighted by atomic mass is 35.5. The Morgan fingerprint density at radius 3 is 2.00 bits per heavy atom. The van der Waals surface area contributed by atoms with E-state index in [0.717, 1.165) is 0 Å². The molecule has 0 N–H and O–H groups in total. The van der Waals surface area contributed by atoms with Crippen LogP contribution in [0.3, 0.4) is 0 Å². The van der Waals surface area contributed by atoms with E-state index in [9.17, 15) is 9.59 Å². The number of esters is 2. The smallest absolute Gasteiger partial charge is 0.311 e. The summed E-state index contributed by atoms with van der Waals surface area (Å²) >= 11 is 29.4. The van der Waals surface area contributed by atoms with Crippen molar-refractivity contribution in [1.82, 2.24) is 0 Å². The van der Waals surface area contributed by atoms with Crippen molar-refractivity contribution in [3.63, 3.8) is 0 Å². The highest BCUT2D eigenvalue weighted by Gasteiger charge is 2.15. The van der Waals surface area contributed by atoms with E-state index in [0.29, 0.717) is 0 Å². The van der Waals surface area contributed by atoms with Gasteiger partial charge in [0.25, 0.3) is 0 Å². The molecule has 4 nitrogen and oxygen atoms in total. The van der Waals surface area contributed by atoms with E-state index in [4.69, 9.17) is 67.5 Å². The van der Waals surface area contributed by atoms with Gasteiger partial charge in [0.2, 0.25) is 0 Å². The first kappa shape index (κ1) is 21.1. The summed E-state index contributed by atoms with van der Waals surface area (Å²) in [5.74, 6) is -0.917. The Kier molecular flexibility index (Phi) is 7.86. The Morgan fingerprint density at radius 1 is 0.769 bits per heavy atom. The molecule has 0 bridgehead atoms. The van der Waals surface area contributed by atoms with E-state index < -0.39 is 11.9 Å². The average molecular weight is 457 g/mol. The molecule has 0 aliphatic rings. The first-order valence-electron chi connectivity index (χ1n) is 7.28. The van der Waals surface area contributed by atoms with Gasteiger partial charge in [0.15, 0.2) is 11.5 Å². The van der Waals surface area contributed by atoms with Crippen LogP contribution in [0.2, 0.25) is 25.1 Å². The number of benzene rings is 2. The molecule has 2 aromatic rings. The number of hydrogen-bond donors (Lipinski definition) is 0. The molecule has 0 heterocycles. The van der Waals surface area contributed by atoms with Gasteiger partial charge in [-0.1, -0.05) is 64.1 Å². The summed E-state index contributed by atoms with van der Waals surface area (Å²) in [7, 11) is 0. The normalized spacial score (nSPS) is 10.5. The Hall–Kier alpha value is -1.17. The zero-order valence-corrected chi connectivity index (χ0v) is 16.8. The highest BCUT2D eigenvalue weighted by molar-refractivity contribution is 6.44. The van der Waals surface area contributed by atoms with Gasteiger partial charge in [0.05, 0.1) is 10.0 Å². The maximum Gasteiger partial charge on any atom is 0.311 e. The quantitative estimate of drug-likeness (QED) is 0.278. The van der Waals surface area contributed by atoms with Gasteiger partial charge in [0.1, 0.15) is 10.0 Å². The summed E-state index contributed by atoms with van der Waals surface area (Å²) in [6, 6.07) is 7.51. The summed E-state index contributed by atoms with van der Waals surface area (Å²) in [6.45, 7) is 0. The van der Waals surface area contributed by atoms with Crippen molar-refractivity contribution in [2.45, 2.75) is 19.3 Å². The number of ether oxygens (including phenoxy) is 2. The highest BCUT2D eigenvalue weighted by Crippen LogP contribution is 2.35. The number of carbonyl (C=O) groups excluding carboxylic acids is 2. The van der Waals surface area contributed by atoms with Crippen molar-refractivity contribution in [2.24, 2.45) is 0 Å². The molecule has 0 saturated heterocycles. The molecule has 9 heteroatoms. The zero-order chi connectivity index (χ0) is 19.3. The van der Waals surface area contributed by atoms with Crippen molar-refractivity contribution >= 4 is 69.9 Å². The third-order valence-corrected chi connectivity index (χ3v) is 4.89. The summed E-state index contributed by atoms with van der Waals surface area (Å²) in [5, 5.41) is 0.958. The monoisotopic (exact) mass is 454 g/mol. The molecule has 0 fully saturated rings. The van der Waals surface area contributed by atoms with Crippen molar-refractivity contribution in [1.29, 1.82) is 0 Å². The molecule has 0 aliphatic heterocycles. The van der Waals surface area contributed by atoms with Gasteiger partial charge >= 0.3 is 11.9 Å². The molecule has 2 rings (SSSR count). The fourth-order valence-electron chi connectivity index (χ4n) is 1.89. The van der Waals surface area contributed by atoms with Gasteiger partial charge in [-0.2, -0.15) is 0 Å². The van der Waals surface area contributed by atoms with Crippen LogP contribution < -0.4 is 9.47 Å². The number of halogens is 5. The average Bonchev–Trinajstić information content (AvgIpc) is 2.56. The Labute approximate surface area is 174 Å². The second kappa shape index (κ2) is 9.67. The summed E-state index contributed by atoms with van der Waals surface area (Å²) in [6.07, 6.45) is 0.169.